The Morgan fingerprint density at radius 3 is 2.94 bits per heavy atom. The highest BCUT2D eigenvalue weighted by Crippen LogP contribution is 2.11. The number of nitriles is 1. The molecule has 0 saturated carbocycles. The van der Waals surface area contributed by atoms with Gasteiger partial charge in [0.25, 0.3) is 0 Å². The third-order valence-corrected chi connectivity index (χ3v) is 2.39. The van der Waals surface area contributed by atoms with Crippen LogP contribution in [0.3, 0.4) is 0 Å². The van der Waals surface area contributed by atoms with E-state index in [1.165, 1.54) is 0 Å². The van der Waals surface area contributed by atoms with Crippen molar-refractivity contribution in [2.75, 3.05) is 0 Å². The fourth-order valence-corrected chi connectivity index (χ4v) is 1.52. The van der Waals surface area contributed by atoms with Crippen LogP contribution in [0.25, 0.3) is 0 Å². The quantitative estimate of drug-likeness (QED) is 0.872. The molecule has 1 aromatic rings. The van der Waals surface area contributed by atoms with Gasteiger partial charge in [-0.1, -0.05) is 30.7 Å². The van der Waals surface area contributed by atoms with E-state index in [1.807, 2.05) is 19.1 Å². The summed E-state index contributed by atoms with van der Waals surface area (Å²) in [5.41, 5.74) is 0.845. The fraction of sp³-hybridized carbons (Fsp3) is 0.333. The predicted octanol–water partition coefficient (Wildman–Crippen LogP) is 2.30. The molecule has 4 heteroatoms. The summed E-state index contributed by atoms with van der Waals surface area (Å²) in [6.07, 6.45) is 0.858. The van der Waals surface area contributed by atoms with Crippen LogP contribution in [-0.2, 0) is 11.2 Å². The van der Waals surface area contributed by atoms with Crippen LogP contribution in [0.5, 0.6) is 0 Å². The van der Waals surface area contributed by atoms with Gasteiger partial charge in [-0.2, -0.15) is 5.26 Å². The number of nitrogens with one attached hydrogen (secondary N) is 1. The van der Waals surface area contributed by atoms with E-state index in [-0.39, 0.29) is 12.3 Å². The zero-order valence-electron chi connectivity index (χ0n) is 9.03. The Morgan fingerprint density at radius 2 is 2.38 bits per heavy atom. The second kappa shape index (κ2) is 6.14. The van der Waals surface area contributed by atoms with Crippen LogP contribution < -0.4 is 5.32 Å². The van der Waals surface area contributed by atoms with E-state index in [1.54, 1.807) is 18.2 Å². The van der Waals surface area contributed by atoms with Gasteiger partial charge in [-0.25, -0.2) is 0 Å². The number of hydrogen-bond acceptors (Lipinski definition) is 2. The van der Waals surface area contributed by atoms with Crippen molar-refractivity contribution in [1.82, 2.24) is 5.32 Å². The Morgan fingerprint density at radius 1 is 1.62 bits per heavy atom. The summed E-state index contributed by atoms with van der Waals surface area (Å²) >= 11 is 5.80. The molecular formula is C12H13ClN2O. The molecular weight excluding hydrogens is 224 g/mol. The lowest BCUT2D eigenvalue weighted by Crippen LogP contribution is -2.34. The molecule has 1 aromatic carbocycles. The van der Waals surface area contributed by atoms with Crippen molar-refractivity contribution < 1.29 is 4.79 Å². The molecule has 0 aliphatic rings. The Bertz CT molecular complexity index is 412. The van der Waals surface area contributed by atoms with Crippen molar-refractivity contribution in [3.05, 3.63) is 34.9 Å². The highest BCUT2D eigenvalue weighted by atomic mass is 35.5. The normalized spacial score (nSPS) is 11.6. The first kappa shape index (κ1) is 12.5. The number of rotatable bonds is 4. The maximum atomic E-state index is 11.5. The third-order valence-electron chi connectivity index (χ3n) is 2.15. The van der Waals surface area contributed by atoms with Crippen LogP contribution in [0.4, 0.5) is 0 Å². The van der Waals surface area contributed by atoms with Crippen LogP contribution in [-0.4, -0.2) is 11.9 Å². The molecule has 1 unspecified atom stereocenters. The van der Waals surface area contributed by atoms with Gasteiger partial charge in [0, 0.05) is 5.02 Å². The summed E-state index contributed by atoms with van der Waals surface area (Å²) in [5, 5.41) is 11.9. The van der Waals surface area contributed by atoms with Gasteiger partial charge < -0.3 is 5.32 Å². The Kier molecular flexibility index (Phi) is 4.81. The summed E-state index contributed by atoms with van der Waals surface area (Å²) in [5.74, 6) is -0.157. The molecule has 1 amide bonds. The minimum atomic E-state index is -0.410. The molecule has 84 valence electrons. The standard InChI is InChI=1S/C12H13ClN2O/c1-2-11(8-14)15-12(16)7-9-4-3-5-10(13)6-9/h3-6,11H,2,7H2,1H3,(H,15,16). The first-order valence-corrected chi connectivity index (χ1v) is 5.47. The minimum absolute atomic E-state index is 0.157. The molecule has 0 aliphatic carbocycles. The van der Waals surface area contributed by atoms with Crippen molar-refractivity contribution in [3.8, 4) is 6.07 Å². The second-order valence-electron chi connectivity index (χ2n) is 3.46. The highest BCUT2D eigenvalue weighted by Gasteiger charge is 2.09. The number of carbonyl (C=O) groups excluding carboxylic acids is 1. The summed E-state index contributed by atoms with van der Waals surface area (Å²) in [6, 6.07) is 8.74. The number of amides is 1. The lowest BCUT2D eigenvalue weighted by Gasteiger charge is -2.09. The molecule has 0 aliphatic heterocycles. The van der Waals surface area contributed by atoms with E-state index in [2.05, 4.69) is 5.32 Å². The van der Waals surface area contributed by atoms with Gasteiger partial charge in [-0.15, -0.1) is 0 Å². The van der Waals surface area contributed by atoms with E-state index in [0.29, 0.717) is 11.4 Å². The molecule has 16 heavy (non-hydrogen) atoms. The molecule has 3 nitrogen and oxygen atoms in total. The van der Waals surface area contributed by atoms with Crippen molar-refractivity contribution in [1.29, 1.82) is 5.26 Å². The molecule has 1 atom stereocenters. The molecule has 1 rings (SSSR count). The van der Waals surface area contributed by atoms with Crippen LogP contribution >= 0.6 is 11.6 Å². The van der Waals surface area contributed by atoms with Gasteiger partial charge in [0.1, 0.15) is 6.04 Å². The van der Waals surface area contributed by atoms with Crippen LogP contribution in [0.2, 0.25) is 5.02 Å². The number of halogens is 1. The first-order valence-electron chi connectivity index (χ1n) is 5.09. The molecule has 0 bridgehead atoms. The van der Waals surface area contributed by atoms with Crippen LogP contribution in [0.1, 0.15) is 18.9 Å². The Labute approximate surface area is 100 Å². The summed E-state index contributed by atoms with van der Waals surface area (Å²) < 4.78 is 0. The molecule has 0 aromatic heterocycles. The second-order valence-corrected chi connectivity index (χ2v) is 3.90. The molecule has 0 radical (unpaired) electrons. The van der Waals surface area contributed by atoms with Crippen molar-refractivity contribution >= 4 is 17.5 Å². The van der Waals surface area contributed by atoms with Gasteiger partial charge in [-0.3, -0.25) is 4.79 Å². The highest BCUT2D eigenvalue weighted by molar-refractivity contribution is 6.30. The maximum absolute atomic E-state index is 11.5. The smallest absolute Gasteiger partial charge is 0.225 e. The molecule has 0 saturated heterocycles. The van der Waals surface area contributed by atoms with Crippen LogP contribution in [0, 0.1) is 11.3 Å². The van der Waals surface area contributed by atoms with Gasteiger partial charge >= 0.3 is 0 Å². The molecule has 0 spiro atoms. The van der Waals surface area contributed by atoms with E-state index >= 15 is 0 Å². The molecule has 1 N–H and O–H groups in total. The van der Waals surface area contributed by atoms with Gasteiger partial charge in [0.15, 0.2) is 0 Å². The van der Waals surface area contributed by atoms with E-state index in [9.17, 15) is 4.79 Å². The van der Waals surface area contributed by atoms with Crippen molar-refractivity contribution in [2.24, 2.45) is 0 Å². The Balaban J connectivity index is 2.55. The molecule has 0 fully saturated rings. The van der Waals surface area contributed by atoms with E-state index in [4.69, 9.17) is 16.9 Å². The van der Waals surface area contributed by atoms with Crippen molar-refractivity contribution in [3.63, 3.8) is 0 Å². The lowest BCUT2D eigenvalue weighted by atomic mass is 10.1. The average molecular weight is 237 g/mol. The number of benzene rings is 1. The zero-order chi connectivity index (χ0) is 12.0. The van der Waals surface area contributed by atoms with Gasteiger partial charge in [0.2, 0.25) is 5.91 Å². The summed E-state index contributed by atoms with van der Waals surface area (Å²) in [6.45, 7) is 1.85. The molecule has 0 heterocycles. The minimum Gasteiger partial charge on any atom is -0.340 e. The van der Waals surface area contributed by atoms with Gasteiger partial charge in [0.05, 0.1) is 12.5 Å². The lowest BCUT2D eigenvalue weighted by molar-refractivity contribution is -0.120. The average Bonchev–Trinajstić information content (AvgIpc) is 2.26. The predicted molar refractivity (Wildman–Crippen MR) is 63.0 cm³/mol. The monoisotopic (exact) mass is 236 g/mol. The van der Waals surface area contributed by atoms with E-state index < -0.39 is 6.04 Å². The topological polar surface area (TPSA) is 52.9 Å². The van der Waals surface area contributed by atoms with Crippen molar-refractivity contribution in [2.45, 2.75) is 25.8 Å². The van der Waals surface area contributed by atoms with Gasteiger partial charge in [-0.05, 0) is 24.1 Å². The largest absolute Gasteiger partial charge is 0.340 e. The zero-order valence-corrected chi connectivity index (χ0v) is 9.79. The number of carbonyl (C=O) groups is 1. The van der Waals surface area contributed by atoms with Crippen LogP contribution in [0.15, 0.2) is 24.3 Å². The summed E-state index contributed by atoms with van der Waals surface area (Å²) in [7, 11) is 0. The SMILES string of the molecule is CCC(C#N)NC(=O)Cc1cccc(Cl)c1. The van der Waals surface area contributed by atoms with E-state index in [0.717, 1.165) is 5.56 Å². The maximum Gasteiger partial charge on any atom is 0.225 e. The third kappa shape index (κ3) is 3.92. The number of nitrogens with zero attached hydrogens (tertiary/aromatic N) is 1. The Hall–Kier alpha value is -1.53. The summed E-state index contributed by atoms with van der Waals surface area (Å²) in [4.78, 5) is 11.5. The first-order chi connectivity index (χ1) is 7.65. The fourth-order valence-electron chi connectivity index (χ4n) is 1.30. The number of hydrogen-bond donors (Lipinski definition) is 1.